The second-order valence-corrected chi connectivity index (χ2v) is 9.16. The molecule has 188 valence electrons. The van der Waals surface area contributed by atoms with Gasteiger partial charge in [-0.3, -0.25) is 0 Å². The third kappa shape index (κ3) is 5.28. The highest BCUT2D eigenvalue weighted by Gasteiger charge is 2.29. The van der Waals surface area contributed by atoms with Crippen LogP contribution in [0.4, 0.5) is 0 Å². The standard InChI is InChI=1S/C27H34N2O6/c1-5-17-10-20-14-19(28-29(20)22(11-17)27(31)32)15-25(35-21-8-6-7-9-21)26(30)18-12-23(33-3)16(2)24(13-18)34-4/h10-14,21,25-26,30H,5-9,15H2,1-4H3,(H,31,32). The van der Waals surface area contributed by atoms with Crippen LogP contribution in [0.5, 0.6) is 11.5 Å². The Kier molecular flexibility index (Phi) is 7.62. The Morgan fingerprint density at radius 3 is 2.34 bits per heavy atom. The predicted octanol–water partition coefficient (Wildman–Crippen LogP) is 4.52. The summed E-state index contributed by atoms with van der Waals surface area (Å²) in [5.41, 5.74) is 3.91. The number of pyridine rings is 1. The van der Waals surface area contributed by atoms with Crippen molar-refractivity contribution in [3.8, 4) is 11.5 Å². The van der Waals surface area contributed by atoms with Gasteiger partial charge < -0.3 is 24.4 Å². The van der Waals surface area contributed by atoms with E-state index in [4.69, 9.17) is 14.2 Å². The number of methoxy groups -OCH3 is 2. The fourth-order valence-electron chi connectivity index (χ4n) is 4.87. The van der Waals surface area contributed by atoms with Crippen molar-refractivity contribution in [2.24, 2.45) is 0 Å². The first kappa shape index (κ1) is 25.0. The van der Waals surface area contributed by atoms with Crippen LogP contribution >= 0.6 is 0 Å². The number of hydrogen-bond acceptors (Lipinski definition) is 6. The van der Waals surface area contributed by atoms with Gasteiger partial charge in [0.1, 0.15) is 17.6 Å². The normalized spacial score (nSPS) is 15.9. The number of aromatic nitrogens is 2. The number of aryl methyl sites for hydroxylation is 1. The van der Waals surface area contributed by atoms with Gasteiger partial charge in [-0.05, 0) is 67.6 Å². The quantitative estimate of drug-likeness (QED) is 0.438. The first-order valence-electron chi connectivity index (χ1n) is 12.2. The number of carbonyl (C=O) groups is 1. The van der Waals surface area contributed by atoms with Crippen LogP contribution in [0.15, 0.2) is 30.3 Å². The summed E-state index contributed by atoms with van der Waals surface area (Å²) in [6, 6.07) is 9.10. The topological polar surface area (TPSA) is 103 Å². The van der Waals surface area contributed by atoms with Crippen molar-refractivity contribution >= 4 is 11.5 Å². The molecular formula is C27H34N2O6. The van der Waals surface area contributed by atoms with E-state index in [1.165, 1.54) is 4.52 Å². The fraction of sp³-hybridized carbons (Fsp3) is 0.481. The molecule has 0 amide bonds. The van der Waals surface area contributed by atoms with E-state index >= 15 is 0 Å². The molecule has 0 radical (unpaired) electrons. The van der Waals surface area contributed by atoms with Gasteiger partial charge in [-0.15, -0.1) is 0 Å². The van der Waals surface area contributed by atoms with Crippen molar-refractivity contribution in [1.82, 2.24) is 9.61 Å². The summed E-state index contributed by atoms with van der Waals surface area (Å²) in [6.07, 6.45) is 3.73. The van der Waals surface area contributed by atoms with Crippen molar-refractivity contribution in [3.05, 3.63) is 58.4 Å². The molecule has 0 saturated heterocycles. The Bertz CT molecular complexity index is 1170. The molecule has 1 aromatic carbocycles. The molecule has 1 saturated carbocycles. The number of ether oxygens (including phenoxy) is 3. The molecule has 35 heavy (non-hydrogen) atoms. The first-order valence-corrected chi connectivity index (χ1v) is 12.2. The third-order valence-corrected chi connectivity index (χ3v) is 6.85. The van der Waals surface area contributed by atoms with Crippen LogP contribution < -0.4 is 9.47 Å². The molecule has 0 bridgehead atoms. The molecule has 0 spiro atoms. The first-order chi connectivity index (χ1) is 16.8. The van der Waals surface area contributed by atoms with Crippen LogP contribution in [0.3, 0.4) is 0 Å². The lowest BCUT2D eigenvalue weighted by atomic mass is 9.98. The highest BCUT2D eigenvalue weighted by Crippen LogP contribution is 2.35. The number of rotatable bonds is 10. The van der Waals surface area contributed by atoms with Gasteiger partial charge in [0.15, 0.2) is 5.69 Å². The van der Waals surface area contributed by atoms with Crippen molar-refractivity contribution in [1.29, 1.82) is 0 Å². The van der Waals surface area contributed by atoms with E-state index in [-0.39, 0.29) is 11.8 Å². The number of carboxylic acid groups (broad SMARTS) is 1. The predicted molar refractivity (Wildman–Crippen MR) is 132 cm³/mol. The van der Waals surface area contributed by atoms with Gasteiger partial charge in [-0.1, -0.05) is 19.8 Å². The Morgan fingerprint density at radius 2 is 1.77 bits per heavy atom. The molecule has 3 aromatic rings. The van der Waals surface area contributed by atoms with Crippen LogP contribution in [0, 0.1) is 6.92 Å². The van der Waals surface area contributed by atoms with E-state index in [9.17, 15) is 15.0 Å². The maximum atomic E-state index is 11.8. The summed E-state index contributed by atoms with van der Waals surface area (Å²) in [5, 5.41) is 25.7. The second-order valence-electron chi connectivity index (χ2n) is 9.16. The van der Waals surface area contributed by atoms with Crippen molar-refractivity contribution in [2.45, 2.75) is 70.7 Å². The average Bonchev–Trinajstić information content (AvgIpc) is 3.51. The average molecular weight is 483 g/mol. The smallest absolute Gasteiger partial charge is 0.354 e. The minimum atomic E-state index is -1.03. The van der Waals surface area contributed by atoms with Gasteiger partial charge in [0.25, 0.3) is 0 Å². The highest BCUT2D eigenvalue weighted by atomic mass is 16.5. The Hall–Kier alpha value is -3.10. The zero-order valence-corrected chi connectivity index (χ0v) is 20.8. The molecule has 8 nitrogen and oxygen atoms in total. The van der Waals surface area contributed by atoms with Gasteiger partial charge in [0, 0.05) is 12.0 Å². The van der Waals surface area contributed by atoms with Crippen molar-refractivity contribution < 1.29 is 29.2 Å². The molecule has 1 fully saturated rings. The summed E-state index contributed by atoms with van der Waals surface area (Å²) < 4.78 is 18.9. The number of fused-ring (bicyclic) bond motifs is 1. The minimum Gasteiger partial charge on any atom is -0.496 e. The Labute approximate surface area is 205 Å². The van der Waals surface area contributed by atoms with Gasteiger partial charge in [0.05, 0.1) is 37.6 Å². The lowest BCUT2D eigenvalue weighted by Crippen LogP contribution is -2.29. The maximum Gasteiger partial charge on any atom is 0.354 e. The Balaban J connectivity index is 1.70. The SMILES string of the molecule is CCc1cc(C(=O)O)n2nc(CC(OC3CCCC3)C(O)c3cc(OC)c(C)c(OC)c3)cc2c1. The summed E-state index contributed by atoms with van der Waals surface area (Å²) in [4.78, 5) is 11.8. The third-order valence-electron chi connectivity index (χ3n) is 6.85. The Morgan fingerprint density at radius 1 is 1.11 bits per heavy atom. The largest absolute Gasteiger partial charge is 0.496 e. The van der Waals surface area contributed by atoms with E-state index in [1.54, 1.807) is 20.3 Å². The minimum absolute atomic E-state index is 0.0715. The maximum absolute atomic E-state index is 11.8. The number of carboxylic acids is 1. The van der Waals surface area contributed by atoms with Crippen LogP contribution in [-0.2, 0) is 17.6 Å². The van der Waals surface area contributed by atoms with Crippen LogP contribution in [0.1, 0.15) is 71.6 Å². The molecular weight excluding hydrogens is 448 g/mol. The zero-order chi connectivity index (χ0) is 25.1. The van der Waals surface area contributed by atoms with E-state index in [0.717, 1.165) is 43.2 Å². The molecule has 2 N–H and O–H groups in total. The van der Waals surface area contributed by atoms with E-state index in [1.807, 2.05) is 38.1 Å². The van der Waals surface area contributed by atoms with Crippen LogP contribution in [-0.4, -0.2) is 52.2 Å². The van der Waals surface area contributed by atoms with E-state index < -0.39 is 18.2 Å². The summed E-state index contributed by atoms with van der Waals surface area (Å²) in [7, 11) is 3.18. The number of aliphatic hydroxyl groups excluding tert-OH is 1. The zero-order valence-electron chi connectivity index (χ0n) is 20.8. The molecule has 4 rings (SSSR count). The molecule has 0 aliphatic heterocycles. The molecule has 8 heteroatoms. The molecule has 2 heterocycles. The number of aliphatic hydroxyl groups is 1. The van der Waals surface area contributed by atoms with Crippen molar-refractivity contribution in [2.75, 3.05) is 14.2 Å². The lowest BCUT2D eigenvalue weighted by molar-refractivity contribution is -0.0757. The monoisotopic (exact) mass is 482 g/mol. The van der Waals surface area contributed by atoms with Gasteiger partial charge in [-0.25, -0.2) is 9.31 Å². The molecule has 2 unspecified atom stereocenters. The molecule has 2 atom stereocenters. The lowest BCUT2D eigenvalue weighted by Gasteiger charge is -2.27. The van der Waals surface area contributed by atoms with Gasteiger partial charge in [-0.2, -0.15) is 5.10 Å². The number of aromatic carboxylic acids is 1. The fourth-order valence-corrected chi connectivity index (χ4v) is 4.87. The molecule has 1 aliphatic carbocycles. The summed E-state index contributed by atoms with van der Waals surface area (Å²) >= 11 is 0. The van der Waals surface area contributed by atoms with Crippen LogP contribution in [0.25, 0.3) is 5.52 Å². The van der Waals surface area contributed by atoms with Crippen LogP contribution in [0.2, 0.25) is 0 Å². The van der Waals surface area contributed by atoms with Gasteiger partial charge >= 0.3 is 5.97 Å². The van der Waals surface area contributed by atoms with Crippen molar-refractivity contribution in [3.63, 3.8) is 0 Å². The number of hydrogen-bond donors (Lipinski definition) is 2. The number of nitrogens with zero attached hydrogens (tertiary/aromatic N) is 2. The summed E-state index contributed by atoms with van der Waals surface area (Å²) in [6.45, 7) is 3.89. The molecule has 1 aliphatic rings. The van der Waals surface area contributed by atoms with E-state index in [0.29, 0.717) is 34.7 Å². The van der Waals surface area contributed by atoms with E-state index in [2.05, 4.69) is 5.10 Å². The molecule has 2 aromatic heterocycles. The summed E-state index contributed by atoms with van der Waals surface area (Å²) in [5.74, 6) is 0.227. The highest BCUT2D eigenvalue weighted by molar-refractivity contribution is 5.87. The van der Waals surface area contributed by atoms with Gasteiger partial charge in [0.2, 0.25) is 0 Å². The number of benzene rings is 1. The second kappa shape index (κ2) is 10.7.